The normalized spacial score (nSPS) is 11.2. The Bertz CT molecular complexity index is 717. The van der Waals surface area contributed by atoms with Crippen molar-refractivity contribution >= 4 is 33.2 Å². The van der Waals surface area contributed by atoms with Crippen LogP contribution in [0.1, 0.15) is 11.1 Å². The summed E-state index contributed by atoms with van der Waals surface area (Å²) in [6.45, 7) is 1.84. The van der Waals surface area contributed by atoms with Gasteiger partial charge in [0, 0.05) is 15.8 Å². The summed E-state index contributed by atoms with van der Waals surface area (Å²) in [5.74, 6) is -0.424. The molecule has 0 bridgehead atoms. The Labute approximate surface area is 140 Å². The number of carbonyl (C=O) groups excluding carboxylic acids is 1. The second-order valence-electron chi connectivity index (χ2n) is 4.94. The van der Waals surface area contributed by atoms with Crippen molar-refractivity contribution in [1.82, 2.24) is 0 Å². The van der Waals surface area contributed by atoms with Gasteiger partial charge in [-0.1, -0.05) is 22.0 Å². The molecule has 2 aromatic rings. The average molecular weight is 387 g/mol. The van der Waals surface area contributed by atoms with E-state index < -0.39 is 17.6 Å². The number of alkyl halides is 3. The Hall–Kier alpha value is -2.02. The van der Waals surface area contributed by atoms with Crippen LogP contribution >= 0.6 is 15.9 Å². The highest BCUT2D eigenvalue weighted by Gasteiger charge is 2.30. The fraction of sp³-hybridized carbons (Fsp3) is 0.188. The lowest BCUT2D eigenvalue weighted by atomic mass is 10.2. The first-order valence-corrected chi connectivity index (χ1v) is 7.52. The number of rotatable bonds is 4. The molecule has 0 saturated carbocycles. The van der Waals surface area contributed by atoms with Gasteiger partial charge in [0.25, 0.3) is 0 Å². The van der Waals surface area contributed by atoms with Crippen LogP contribution < -0.4 is 10.6 Å². The second-order valence-corrected chi connectivity index (χ2v) is 5.86. The molecule has 1 amide bonds. The van der Waals surface area contributed by atoms with Gasteiger partial charge in [0.05, 0.1) is 12.1 Å². The molecule has 0 fully saturated rings. The van der Waals surface area contributed by atoms with Crippen molar-refractivity contribution in [2.24, 2.45) is 0 Å². The molecule has 2 aromatic carbocycles. The standard InChI is InChI=1S/C16H14BrF3N2O/c1-10-7-12(17)5-6-14(10)21-9-15(23)22-13-4-2-3-11(8-13)16(18,19)20/h2-8,21H,9H2,1H3,(H,22,23). The monoisotopic (exact) mass is 386 g/mol. The number of benzene rings is 2. The lowest BCUT2D eigenvalue weighted by Gasteiger charge is -2.12. The first-order chi connectivity index (χ1) is 10.8. The van der Waals surface area contributed by atoms with E-state index in [-0.39, 0.29) is 12.2 Å². The number of amides is 1. The molecule has 23 heavy (non-hydrogen) atoms. The van der Waals surface area contributed by atoms with Crippen LogP contribution in [0.3, 0.4) is 0 Å². The smallest absolute Gasteiger partial charge is 0.376 e. The molecule has 7 heteroatoms. The Kier molecular flexibility index (Phi) is 5.30. The highest BCUT2D eigenvalue weighted by molar-refractivity contribution is 9.10. The van der Waals surface area contributed by atoms with E-state index in [4.69, 9.17) is 0 Å². The van der Waals surface area contributed by atoms with Gasteiger partial charge >= 0.3 is 6.18 Å². The van der Waals surface area contributed by atoms with Gasteiger partial charge < -0.3 is 10.6 Å². The maximum absolute atomic E-state index is 12.6. The zero-order valence-corrected chi connectivity index (χ0v) is 13.8. The Balaban J connectivity index is 1.97. The van der Waals surface area contributed by atoms with Crippen LogP contribution in [-0.2, 0) is 11.0 Å². The van der Waals surface area contributed by atoms with Gasteiger partial charge in [-0.3, -0.25) is 4.79 Å². The highest BCUT2D eigenvalue weighted by Crippen LogP contribution is 2.30. The van der Waals surface area contributed by atoms with E-state index in [0.29, 0.717) is 0 Å². The Morgan fingerprint density at radius 2 is 1.91 bits per heavy atom. The van der Waals surface area contributed by atoms with E-state index in [1.54, 1.807) is 0 Å². The van der Waals surface area contributed by atoms with E-state index >= 15 is 0 Å². The zero-order chi connectivity index (χ0) is 17.0. The molecule has 0 aliphatic carbocycles. The van der Waals surface area contributed by atoms with Gasteiger partial charge in [-0.25, -0.2) is 0 Å². The van der Waals surface area contributed by atoms with Crippen LogP contribution in [0.5, 0.6) is 0 Å². The van der Waals surface area contributed by atoms with Crippen molar-refractivity contribution in [3.63, 3.8) is 0 Å². The van der Waals surface area contributed by atoms with E-state index in [9.17, 15) is 18.0 Å². The van der Waals surface area contributed by atoms with Gasteiger partial charge in [0.15, 0.2) is 0 Å². The lowest BCUT2D eigenvalue weighted by Crippen LogP contribution is -2.22. The lowest BCUT2D eigenvalue weighted by molar-refractivity contribution is -0.137. The van der Waals surface area contributed by atoms with Gasteiger partial charge in [-0.15, -0.1) is 0 Å². The third kappa shape index (κ3) is 4.99. The summed E-state index contributed by atoms with van der Waals surface area (Å²) in [5.41, 5.74) is 1.05. The second kappa shape index (κ2) is 7.04. The van der Waals surface area contributed by atoms with Crippen LogP contribution in [-0.4, -0.2) is 12.5 Å². The number of carbonyl (C=O) groups is 1. The van der Waals surface area contributed by atoms with Crippen molar-refractivity contribution in [3.05, 3.63) is 58.1 Å². The number of aryl methyl sites for hydroxylation is 1. The number of halogens is 4. The van der Waals surface area contributed by atoms with E-state index in [0.717, 1.165) is 27.9 Å². The Morgan fingerprint density at radius 3 is 2.57 bits per heavy atom. The quantitative estimate of drug-likeness (QED) is 0.790. The predicted molar refractivity (Wildman–Crippen MR) is 87.4 cm³/mol. The first-order valence-electron chi connectivity index (χ1n) is 6.73. The molecular weight excluding hydrogens is 373 g/mol. The van der Waals surface area contributed by atoms with E-state index in [1.165, 1.54) is 12.1 Å². The molecular formula is C16H14BrF3N2O. The van der Waals surface area contributed by atoms with Crippen LogP contribution in [0.25, 0.3) is 0 Å². The Morgan fingerprint density at radius 1 is 1.17 bits per heavy atom. The summed E-state index contributed by atoms with van der Waals surface area (Å²) in [6.07, 6.45) is -4.44. The summed E-state index contributed by atoms with van der Waals surface area (Å²) < 4.78 is 38.8. The molecule has 0 aliphatic rings. The molecule has 0 spiro atoms. The highest BCUT2D eigenvalue weighted by atomic mass is 79.9. The van der Waals surface area contributed by atoms with E-state index in [2.05, 4.69) is 26.6 Å². The van der Waals surface area contributed by atoms with E-state index in [1.807, 2.05) is 25.1 Å². The number of anilines is 2. The van der Waals surface area contributed by atoms with Crippen molar-refractivity contribution in [1.29, 1.82) is 0 Å². The minimum Gasteiger partial charge on any atom is -0.376 e. The SMILES string of the molecule is Cc1cc(Br)ccc1NCC(=O)Nc1cccc(C(F)(F)F)c1. The van der Waals surface area contributed by atoms with Crippen molar-refractivity contribution in [2.75, 3.05) is 17.2 Å². The predicted octanol–water partition coefficient (Wildman–Crippen LogP) is 4.83. The molecule has 3 nitrogen and oxygen atoms in total. The van der Waals surface area contributed by atoms with Crippen molar-refractivity contribution in [3.8, 4) is 0 Å². The minimum absolute atomic E-state index is 0.0429. The summed E-state index contributed by atoms with van der Waals surface area (Å²) >= 11 is 3.34. The van der Waals surface area contributed by atoms with Gasteiger partial charge in [0.1, 0.15) is 0 Å². The molecule has 0 aromatic heterocycles. The molecule has 0 aliphatic heterocycles. The number of nitrogens with one attached hydrogen (secondary N) is 2. The van der Waals surface area contributed by atoms with Crippen LogP contribution in [0.4, 0.5) is 24.5 Å². The first kappa shape index (κ1) is 17.3. The average Bonchev–Trinajstić information content (AvgIpc) is 2.45. The van der Waals surface area contributed by atoms with Gasteiger partial charge in [-0.2, -0.15) is 13.2 Å². The topological polar surface area (TPSA) is 41.1 Å². The third-order valence-electron chi connectivity index (χ3n) is 3.10. The maximum Gasteiger partial charge on any atom is 0.416 e. The van der Waals surface area contributed by atoms with Crippen LogP contribution in [0, 0.1) is 6.92 Å². The van der Waals surface area contributed by atoms with Gasteiger partial charge in [-0.05, 0) is 48.9 Å². The maximum atomic E-state index is 12.6. The van der Waals surface area contributed by atoms with Crippen LogP contribution in [0.2, 0.25) is 0 Å². The molecule has 122 valence electrons. The molecule has 0 radical (unpaired) electrons. The zero-order valence-electron chi connectivity index (χ0n) is 12.2. The summed E-state index contributed by atoms with van der Waals surface area (Å²) in [6, 6.07) is 10.1. The third-order valence-corrected chi connectivity index (χ3v) is 3.59. The fourth-order valence-electron chi connectivity index (χ4n) is 1.98. The fourth-order valence-corrected chi connectivity index (χ4v) is 2.45. The molecule has 2 N–H and O–H groups in total. The number of hydrogen-bond donors (Lipinski definition) is 2. The van der Waals surface area contributed by atoms with Gasteiger partial charge in [0.2, 0.25) is 5.91 Å². The summed E-state index contributed by atoms with van der Waals surface area (Å²) in [4.78, 5) is 11.9. The molecule has 0 saturated heterocycles. The molecule has 0 unspecified atom stereocenters. The van der Waals surface area contributed by atoms with Crippen molar-refractivity contribution < 1.29 is 18.0 Å². The van der Waals surface area contributed by atoms with Crippen LogP contribution in [0.15, 0.2) is 46.9 Å². The number of hydrogen-bond acceptors (Lipinski definition) is 2. The van der Waals surface area contributed by atoms with Crippen molar-refractivity contribution in [2.45, 2.75) is 13.1 Å². The summed E-state index contributed by atoms with van der Waals surface area (Å²) in [7, 11) is 0. The minimum atomic E-state index is -4.44. The molecule has 0 heterocycles. The largest absolute Gasteiger partial charge is 0.416 e. The summed E-state index contributed by atoms with van der Waals surface area (Å²) in [5, 5.41) is 5.39. The molecule has 0 atom stereocenters. The molecule has 2 rings (SSSR count).